The fourth-order valence-corrected chi connectivity index (χ4v) is 4.52. The van der Waals surface area contributed by atoms with E-state index in [1.165, 1.54) is 37.1 Å². The highest BCUT2D eigenvalue weighted by atomic mass is 35.5. The van der Waals surface area contributed by atoms with Crippen molar-refractivity contribution in [1.82, 2.24) is 15.5 Å². The van der Waals surface area contributed by atoms with E-state index in [1.807, 2.05) is 19.1 Å². The number of thiophene rings is 1. The van der Waals surface area contributed by atoms with Gasteiger partial charge < -0.3 is 10.6 Å². The zero-order valence-electron chi connectivity index (χ0n) is 12.3. The standard InChI is InChI=1S/C15H22ClN3OS/c1-10(13-5-6-14(16)21-13)17-15(20)18-11-7-9-19-8-3-2-4-12(11)19/h5-6,10-12H,2-4,7-9H2,1H3,(H2,17,18,20). The quantitative estimate of drug-likeness (QED) is 0.893. The van der Waals surface area contributed by atoms with Crippen molar-refractivity contribution < 1.29 is 4.79 Å². The maximum atomic E-state index is 12.2. The second-order valence-electron chi connectivity index (χ2n) is 5.98. The average molecular weight is 328 g/mol. The molecule has 2 fully saturated rings. The minimum absolute atomic E-state index is 0.00800. The van der Waals surface area contributed by atoms with Gasteiger partial charge in [-0.3, -0.25) is 4.90 Å². The molecule has 3 heterocycles. The Kier molecular flexibility index (Phi) is 4.72. The lowest BCUT2D eigenvalue weighted by Gasteiger charge is -2.32. The van der Waals surface area contributed by atoms with E-state index in [9.17, 15) is 4.79 Å². The molecule has 3 unspecified atom stereocenters. The Hall–Kier alpha value is -0.780. The summed E-state index contributed by atoms with van der Waals surface area (Å²) in [5.41, 5.74) is 0. The van der Waals surface area contributed by atoms with Gasteiger partial charge in [-0.2, -0.15) is 0 Å². The lowest BCUT2D eigenvalue weighted by molar-refractivity contribution is 0.178. The van der Waals surface area contributed by atoms with Gasteiger partial charge in [0.05, 0.1) is 10.4 Å². The second kappa shape index (κ2) is 6.55. The molecular formula is C15H22ClN3OS. The summed E-state index contributed by atoms with van der Waals surface area (Å²) in [5, 5.41) is 6.18. The van der Waals surface area contributed by atoms with Crippen LogP contribution in [0.4, 0.5) is 4.79 Å². The molecule has 21 heavy (non-hydrogen) atoms. The van der Waals surface area contributed by atoms with Gasteiger partial charge in [-0.25, -0.2) is 4.79 Å². The maximum absolute atomic E-state index is 12.2. The van der Waals surface area contributed by atoms with Crippen molar-refractivity contribution in [2.24, 2.45) is 0 Å². The van der Waals surface area contributed by atoms with E-state index < -0.39 is 0 Å². The maximum Gasteiger partial charge on any atom is 0.315 e. The van der Waals surface area contributed by atoms with E-state index in [2.05, 4.69) is 15.5 Å². The Morgan fingerprint density at radius 2 is 2.24 bits per heavy atom. The predicted octanol–water partition coefficient (Wildman–Crippen LogP) is 3.39. The van der Waals surface area contributed by atoms with E-state index in [-0.39, 0.29) is 12.1 Å². The lowest BCUT2D eigenvalue weighted by atomic mass is 9.99. The molecule has 2 N–H and O–H groups in total. The van der Waals surface area contributed by atoms with Crippen LogP contribution in [0.1, 0.15) is 43.5 Å². The normalized spacial score (nSPS) is 27.1. The van der Waals surface area contributed by atoms with Gasteiger partial charge in [0.15, 0.2) is 0 Å². The van der Waals surface area contributed by atoms with E-state index in [1.54, 1.807) is 0 Å². The van der Waals surface area contributed by atoms with Crippen molar-refractivity contribution in [2.75, 3.05) is 13.1 Å². The van der Waals surface area contributed by atoms with Crippen molar-refractivity contribution >= 4 is 29.0 Å². The third-order valence-corrected chi connectivity index (χ3v) is 5.95. The summed E-state index contributed by atoms with van der Waals surface area (Å²) in [6, 6.07) is 4.60. The number of piperidine rings is 1. The average Bonchev–Trinajstić information content (AvgIpc) is 3.06. The first-order valence-corrected chi connectivity index (χ1v) is 8.89. The lowest BCUT2D eigenvalue weighted by Crippen LogP contribution is -2.49. The Balaban J connectivity index is 1.52. The highest BCUT2D eigenvalue weighted by molar-refractivity contribution is 7.16. The molecule has 0 saturated carbocycles. The SMILES string of the molecule is CC(NC(=O)NC1CCN2CCCCC12)c1ccc(Cl)s1. The van der Waals surface area contributed by atoms with Crippen LogP contribution in [0.3, 0.4) is 0 Å². The van der Waals surface area contributed by atoms with E-state index in [4.69, 9.17) is 11.6 Å². The molecule has 116 valence electrons. The molecule has 2 aliphatic rings. The number of nitrogens with one attached hydrogen (secondary N) is 2. The first-order chi connectivity index (χ1) is 10.1. The molecule has 0 radical (unpaired) electrons. The molecule has 0 aromatic carbocycles. The Morgan fingerprint density at radius 3 is 3.00 bits per heavy atom. The third kappa shape index (κ3) is 3.52. The number of fused-ring (bicyclic) bond motifs is 1. The molecule has 0 aliphatic carbocycles. The fourth-order valence-electron chi connectivity index (χ4n) is 3.45. The van der Waals surface area contributed by atoms with Crippen LogP contribution in [0.15, 0.2) is 12.1 Å². The van der Waals surface area contributed by atoms with Gasteiger partial charge in [0.1, 0.15) is 0 Å². The Morgan fingerprint density at radius 1 is 1.38 bits per heavy atom. The Labute approximate surface area is 134 Å². The van der Waals surface area contributed by atoms with Crippen LogP contribution in [0.25, 0.3) is 0 Å². The number of amides is 2. The molecule has 2 amide bonds. The molecule has 4 nitrogen and oxygen atoms in total. The van der Waals surface area contributed by atoms with Crippen LogP contribution in [0.5, 0.6) is 0 Å². The van der Waals surface area contributed by atoms with Crippen LogP contribution < -0.4 is 10.6 Å². The van der Waals surface area contributed by atoms with Crippen LogP contribution in [-0.2, 0) is 0 Å². The number of carbonyl (C=O) groups excluding carboxylic acids is 1. The molecule has 6 heteroatoms. The molecule has 0 spiro atoms. The zero-order chi connectivity index (χ0) is 14.8. The number of hydrogen-bond donors (Lipinski definition) is 2. The molecule has 3 rings (SSSR count). The topological polar surface area (TPSA) is 44.4 Å². The zero-order valence-corrected chi connectivity index (χ0v) is 13.8. The van der Waals surface area contributed by atoms with Crippen molar-refractivity contribution in [3.05, 3.63) is 21.3 Å². The number of hydrogen-bond acceptors (Lipinski definition) is 3. The fraction of sp³-hybridized carbons (Fsp3) is 0.667. The van der Waals surface area contributed by atoms with Crippen molar-refractivity contribution in [2.45, 2.75) is 50.7 Å². The second-order valence-corrected chi connectivity index (χ2v) is 7.72. The van der Waals surface area contributed by atoms with Crippen LogP contribution in [-0.4, -0.2) is 36.1 Å². The van der Waals surface area contributed by atoms with E-state index >= 15 is 0 Å². The van der Waals surface area contributed by atoms with Crippen molar-refractivity contribution in [3.63, 3.8) is 0 Å². The molecule has 1 aromatic rings. The van der Waals surface area contributed by atoms with Gasteiger partial charge in [-0.15, -0.1) is 11.3 Å². The van der Waals surface area contributed by atoms with Crippen molar-refractivity contribution in [3.8, 4) is 0 Å². The van der Waals surface area contributed by atoms with Gasteiger partial charge in [0.2, 0.25) is 0 Å². The Bertz CT molecular complexity index is 507. The summed E-state index contributed by atoms with van der Waals surface area (Å²) in [6.45, 7) is 4.30. The highest BCUT2D eigenvalue weighted by Crippen LogP contribution is 2.28. The number of rotatable bonds is 3. The van der Waals surface area contributed by atoms with Gasteiger partial charge in [0.25, 0.3) is 0 Å². The third-order valence-electron chi connectivity index (χ3n) is 4.54. The van der Waals surface area contributed by atoms with E-state index in [0.29, 0.717) is 12.1 Å². The molecule has 3 atom stereocenters. The smallest absolute Gasteiger partial charge is 0.315 e. The van der Waals surface area contributed by atoms with Gasteiger partial charge >= 0.3 is 6.03 Å². The molecule has 2 saturated heterocycles. The van der Waals surface area contributed by atoms with Crippen LogP contribution >= 0.6 is 22.9 Å². The summed E-state index contributed by atoms with van der Waals surface area (Å²) in [6.07, 6.45) is 4.86. The molecule has 0 bridgehead atoms. The van der Waals surface area contributed by atoms with Crippen molar-refractivity contribution in [1.29, 1.82) is 0 Å². The number of carbonyl (C=O) groups is 1. The van der Waals surface area contributed by atoms with E-state index in [0.717, 1.165) is 22.2 Å². The summed E-state index contributed by atoms with van der Waals surface area (Å²) < 4.78 is 0.757. The summed E-state index contributed by atoms with van der Waals surface area (Å²) in [5.74, 6) is 0. The number of urea groups is 1. The minimum atomic E-state index is -0.0653. The molecular weight excluding hydrogens is 306 g/mol. The highest BCUT2D eigenvalue weighted by Gasteiger charge is 2.36. The van der Waals surface area contributed by atoms with Gasteiger partial charge in [-0.05, 0) is 44.9 Å². The molecule has 2 aliphatic heterocycles. The molecule has 1 aromatic heterocycles. The van der Waals surface area contributed by atoms with Gasteiger partial charge in [-0.1, -0.05) is 18.0 Å². The van der Waals surface area contributed by atoms with Crippen LogP contribution in [0.2, 0.25) is 4.34 Å². The largest absolute Gasteiger partial charge is 0.334 e. The first kappa shape index (κ1) is 15.1. The number of nitrogens with zero attached hydrogens (tertiary/aromatic N) is 1. The van der Waals surface area contributed by atoms with Gasteiger partial charge in [0, 0.05) is 23.5 Å². The predicted molar refractivity (Wildman–Crippen MR) is 87.0 cm³/mol. The monoisotopic (exact) mass is 327 g/mol. The first-order valence-electron chi connectivity index (χ1n) is 7.70. The summed E-state index contributed by atoms with van der Waals surface area (Å²) in [4.78, 5) is 15.8. The minimum Gasteiger partial charge on any atom is -0.334 e. The van der Waals surface area contributed by atoms with Crippen LogP contribution in [0, 0.1) is 0 Å². The summed E-state index contributed by atoms with van der Waals surface area (Å²) >= 11 is 7.45. The number of halogens is 1. The summed E-state index contributed by atoms with van der Waals surface area (Å²) in [7, 11) is 0.